The summed E-state index contributed by atoms with van der Waals surface area (Å²) in [5, 5.41) is 2.93. The van der Waals surface area contributed by atoms with E-state index in [1.54, 1.807) is 19.1 Å². The predicted octanol–water partition coefficient (Wildman–Crippen LogP) is 3.84. The fourth-order valence-corrected chi connectivity index (χ4v) is 3.34. The van der Waals surface area contributed by atoms with Crippen molar-refractivity contribution in [1.82, 2.24) is 4.90 Å². The maximum absolute atomic E-state index is 13.3. The standard InChI is InChI=1S/C20H23FN2O/c1-14-10-17(8-9-19(14)21)22-20(24)18-13-23(11-15(18)2)12-16-6-4-3-5-7-16/h3-10,15,18H,11-13H2,1-2H3,(H,22,24)/t15-,18-/m1/s1. The summed E-state index contributed by atoms with van der Waals surface area (Å²) in [6.45, 7) is 6.35. The molecule has 0 unspecified atom stereocenters. The lowest BCUT2D eigenvalue weighted by atomic mass is 9.97. The van der Waals surface area contributed by atoms with Crippen molar-refractivity contribution in [2.24, 2.45) is 11.8 Å². The smallest absolute Gasteiger partial charge is 0.229 e. The fourth-order valence-electron chi connectivity index (χ4n) is 3.34. The average Bonchev–Trinajstić information content (AvgIpc) is 2.92. The number of hydrogen-bond acceptors (Lipinski definition) is 2. The molecule has 24 heavy (non-hydrogen) atoms. The number of anilines is 1. The maximum atomic E-state index is 13.3. The highest BCUT2D eigenvalue weighted by Gasteiger charge is 2.34. The molecule has 3 rings (SSSR count). The summed E-state index contributed by atoms with van der Waals surface area (Å²) in [5.74, 6) is 0.0228. The van der Waals surface area contributed by atoms with E-state index in [0.717, 1.165) is 19.6 Å². The van der Waals surface area contributed by atoms with Gasteiger partial charge in [0.15, 0.2) is 0 Å². The number of likely N-dealkylation sites (tertiary alicyclic amines) is 1. The van der Waals surface area contributed by atoms with Crippen LogP contribution < -0.4 is 5.32 Å². The van der Waals surface area contributed by atoms with Crippen molar-refractivity contribution in [3.05, 3.63) is 65.5 Å². The van der Waals surface area contributed by atoms with Gasteiger partial charge in [0.25, 0.3) is 0 Å². The lowest BCUT2D eigenvalue weighted by Crippen LogP contribution is -2.28. The lowest BCUT2D eigenvalue weighted by molar-refractivity contribution is -0.120. The van der Waals surface area contributed by atoms with Gasteiger partial charge in [-0.1, -0.05) is 37.3 Å². The van der Waals surface area contributed by atoms with Crippen LogP contribution in [0.3, 0.4) is 0 Å². The van der Waals surface area contributed by atoms with Crippen LogP contribution in [0.25, 0.3) is 0 Å². The quantitative estimate of drug-likeness (QED) is 0.926. The molecule has 2 aromatic carbocycles. The topological polar surface area (TPSA) is 32.3 Å². The Balaban J connectivity index is 1.61. The first-order chi connectivity index (χ1) is 11.5. The Bertz CT molecular complexity index is 717. The van der Waals surface area contributed by atoms with E-state index in [4.69, 9.17) is 0 Å². The molecule has 3 nitrogen and oxygen atoms in total. The average molecular weight is 326 g/mol. The molecule has 1 heterocycles. The Morgan fingerprint density at radius 3 is 2.67 bits per heavy atom. The summed E-state index contributed by atoms with van der Waals surface area (Å²) in [6, 6.07) is 15.0. The van der Waals surface area contributed by atoms with Gasteiger partial charge in [-0.15, -0.1) is 0 Å². The number of rotatable bonds is 4. The number of nitrogens with one attached hydrogen (secondary N) is 1. The first-order valence-electron chi connectivity index (χ1n) is 8.36. The molecule has 4 heteroatoms. The van der Waals surface area contributed by atoms with Gasteiger partial charge in [0.05, 0.1) is 5.92 Å². The number of nitrogens with zero attached hydrogens (tertiary/aromatic N) is 1. The molecule has 2 aromatic rings. The minimum atomic E-state index is -0.253. The van der Waals surface area contributed by atoms with E-state index >= 15 is 0 Å². The molecule has 1 N–H and O–H groups in total. The van der Waals surface area contributed by atoms with Crippen LogP contribution in [-0.2, 0) is 11.3 Å². The van der Waals surface area contributed by atoms with Crippen LogP contribution in [0.5, 0.6) is 0 Å². The van der Waals surface area contributed by atoms with E-state index in [-0.39, 0.29) is 17.6 Å². The van der Waals surface area contributed by atoms with Crippen LogP contribution >= 0.6 is 0 Å². The molecule has 126 valence electrons. The summed E-state index contributed by atoms with van der Waals surface area (Å²) in [4.78, 5) is 14.9. The Labute approximate surface area is 142 Å². The zero-order chi connectivity index (χ0) is 17.1. The summed E-state index contributed by atoms with van der Waals surface area (Å²) in [7, 11) is 0. The lowest BCUT2D eigenvalue weighted by Gasteiger charge is -2.16. The molecular formula is C20H23FN2O. The summed E-state index contributed by atoms with van der Waals surface area (Å²) >= 11 is 0. The molecule has 0 radical (unpaired) electrons. The molecule has 1 saturated heterocycles. The molecule has 0 spiro atoms. The number of hydrogen-bond donors (Lipinski definition) is 1. The van der Waals surface area contributed by atoms with E-state index in [9.17, 15) is 9.18 Å². The Morgan fingerprint density at radius 1 is 1.21 bits per heavy atom. The maximum Gasteiger partial charge on any atom is 0.229 e. The molecule has 1 fully saturated rings. The van der Waals surface area contributed by atoms with Crippen molar-refractivity contribution < 1.29 is 9.18 Å². The van der Waals surface area contributed by atoms with Gasteiger partial charge in [0.1, 0.15) is 5.82 Å². The van der Waals surface area contributed by atoms with Gasteiger partial charge >= 0.3 is 0 Å². The second-order valence-corrected chi connectivity index (χ2v) is 6.72. The third kappa shape index (κ3) is 3.82. The van der Waals surface area contributed by atoms with Gasteiger partial charge in [-0.25, -0.2) is 4.39 Å². The Morgan fingerprint density at radius 2 is 1.96 bits per heavy atom. The van der Waals surface area contributed by atoms with Crippen molar-refractivity contribution in [2.75, 3.05) is 18.4 Å². The third-order valence-electron chi connectivity index (χ3n) is 4.70. The molecule has 0 bridgehead atoms. The minimum Gasteiger partial charge on any atom is -0.326 e. The number of carbonyl (C=O) groups is 1. The van der Waals surface area contributed by atoms with Crippen LogP contribution in [-0.4, -0.2) is 23.9 Å². The van der Waals surface area contributed by atoms with Crippen LogP contribution in [0.1, 0.15) is 18.1 Å². The van der Waals surface area contributed by atoms with Gasteiger partial charge in [-0.05, 0) is 42.2 Å². The zero-order valence-electron chi connectivity index (χ0n) is 14.1. The van der Waals surface area contributed by atoms with E-state index in [1.807, 2.05) is 18.2 Å². The summed E-state index contributed by atoms with van der Waals surface area (Å²) < 4.78 is 13.3. The van der Waals surface area contributed by atoms with Crippen molar-refractivity contribution in [1.29, 1.82) is 0 Å². The monoisotopic (exact) mass is 326 g/mol. The Kier molecular flexibility index (Phi) is 4.95. The van der Waals surface area contributed by atoms with Crippen molar-refractivity contribution in [2.45, 2.75) is 20.4 Å². The third-order valence-corrected chi connectivity index (χ3v) is 4.70. The van der Waals surface area contributed by atoms with Gasteiger partial charge in [0, 0.05) is 25.3 Å². The van der Waals surface area contributed by atoms with Gasteiger partial charge in [-0.3, -0.25) is 9.69 Å². The number of aryl methyl sites for hydroxylation is 1. The van der Waals surface area contributed by atoms with Crippen LogP contribution in [0, 0.1) is 24.6 Å². The second-order valence-electron chi connectivity index (χ2n) is 6.72. The first kappa shape index (κ1) is 16.7. The second kappa shape index (κ2) is 7.14. The molecule has 1 aliphatic rings. The molecule has 2 atom stereocenters. The molecule has 0 saturated carbocycles. The van der Waals surface area contributed by atoms with Crippen LogP contribution in [0.15, 0.2) is 48.5 Å². The number of carbonyl (C=O) groups excluding carboxylic acids is 1. The first-order valence-corrected chi connectivity index (χ1v) is 8.36. The Hall–Kier alpha value is -2.20. The van der Waals surface area contributed by atoms with E-state index in [0.29, 0.717) is 17.2 Å². The fraction of sp³-hybridized carbons (Fsp3) is 0.350. The SMILES string of the molecule is Cc1cc(NC(=O)[C@@H]2CN(Cc3ccccc3)C[C@H]2C)ccc1F. The van der Waals surface area contributed by atoms with Gasteiger partial charge < -0.3 is 5.32 Å². The highest BCUT2D eigenvalue weighted by atomic mass is 19.1. The van der Waals surface area contributed by atoms with E-state index in [2.05, 4.69) is 29.3 Å². The molecule has 1 aliphatic heterocycles. The highest BCUT2D eigenvalue weighted by Crippen LogP contribution is 2.26. The van der Waals surface area contributed by atoms with Crippen molar-refractivity contribution in [3.63, 3.8) is 0 Å². The van der Waals surface area contributed by atoms with Gasteiger partial charge in [0.2, 0.25) is 5.91 Å². The minimum absolute atomic E-state index is 0.0177. The largest absolute Gasteiger partial charge is 0.326 e. The van der Waals surface area contributed by atoms with Crippen LogP contribution in [0.4, 0.5) is 10.1 Å². The summed E-state index contributed by atoms with van der Waals surface area (Å²) in [6.07, 6.45) is 0. The molecule has 0 aliphatic carbocycles. The molecular weight excluding hydrogens is 303 g/mol. The van der Waals surface area contributed by atoms with Crippen molar-refractivity contribution in [3.8, 4) is 0 Å². The van der Waals surface area contributed by atoms with Gasteiger partial charge in [-0.2, -0.15) is 0 Å². The number of amides is 1. The highest BCUT2D eigenvalue weighted by molar-refractivity contribution is 5.93. The molecule has 1 amide bonds. The number of halogens is 1. The normalized spacial score (nSPS) is 21.0. The van der Waals surface area contributed by atoms with E-state index in [1.165, 1.54) is 11.6 Å². The van der Waals surface area contributed by atoms with Crippen molar-refractivity contribution >= 4 is 11.6 Å². The molecule has 0 aromatic heterocycles. The predicted molar refractivity (Wildman–Crippen MR) is 94.1 cm³/mol. The van der Waals surface area contributed by atoms with Crippen LogP contribution in [0.2, 0.25) is 0 Å². The summed E-state index contributed by atoms with van der Waals surface area (Å²) in [5.41, 5.74) is 2.46. The zero-order valence-corrected chi connectivity index (χ0v) is 14.1. The number of benzene rings is 2. The van der Waals surface area contributed by atoms with E-state index < -0.39 is 0 Å².